The lowest BCUT2D eigenvalue weighted by molar-refractivity contribution is 0.0698. The maximum absolute atomic E-state index is 10.8. The second-order valence-electron chi connectivity index (χ2n) is 2.85. The lowest BCUT2D eigenvalue weighted by Gasteiger charge is -1.96. The first kappa shape index (κ1) is 8.71. The van der Waals surface area contributed by atoms with Crippen LogP contribution in [0.4, 0.5) is 0 Å². The molecule has 0 aliphatic rings. The second-order valence-corrected chi connectivity index (χ2v) is 2.85. The van der Waals surface area contributed by atoms with Crippen molar-refractivity contribution in [1.82, 2.24) is 9.38 Å². The number of rotatable bonds is 2. The zero-order valence-corrected chi connectivity index (χ0v) is 7.21. The monoisotopic (exact) mass is 192 g/mol. The SMILES string of the molecule is O=C(O)c1cccn2cc(CO)nc12. The predicted octanol–water partition coefficient (Wildman–Crippen LogP) is 0.525. The van der Waals surface area contributed by atoms with Gasteiger partial charge in [-0.2, -0.15) is 0 Å². The molecule has 5 nitrogen and oxygen atoms in total. The van der Waals surface area contributed by atoms with E-state index in [-0.39, 0.29) is 12.2 Å². The van der Waals surface area contributed by atoms with Crippen LogP contribution in [0.1, 0.15) is 16.1 Å². The summed E-state index contributed by atoms with van der Waals surface area (Å²) >= 11 is 0. The quantitative estimate of drug-likeness (QED) is 0.727. The van der Waals surface area contributed by atoms with Gasteiger partial charge in [0.05, 0.1) is 12.3 Å². The number of fused-ring (bicyclic) bond motifs is 1. The van der Waals surface area contributed by atoms with Gasteiger partial charge in [0.1, 0.15) is 5.56 Å². The average molecular weight is 192 g/mol. The number of pyridine rings is 1. The maximum Gasteiger partial charge on any atom is 0.339 e. The summed E-state index contributed by atoms with van der Waals surface area (Å²) in [4.78, 5) is 14.8. The van der Waals surface area contributed by atoms with E-state index in [2.05, 4.69) is 4.98 Å². The van der Waals surface area contributed by atoms with Crippen molar-refractivity contribution in [2.24, 2.45) is 0 Å². The summed E-state index contributed by atoms with van der Waals surface area (Å²) in [5, 5.41) is 17.7. The summed E-state index contributed by atoms with van der Waals surface area (Å²) in [7, 11) is 0. The minimum atomic E-state index is -1.02. The van der Waals surface area contributed by atoms with Crippen LogP contribution in [0, 0.1) is 0 Å². The van der Waals surface area contributed by atoms with E-state index in [1.807, 2.05) is 0 Å². The van der Waals surface area contributed by atoms with Crippen molar-refractivity contribution < 1.29 is 15.0 Å². The van der Waals surface area contributed by atoms with Gasteiger partial charge in [0.15, 0.2) is 5.65 Å². The molecule has 2 aromatic rings. The van der Waals surface area contributed by atoms with Crippen molar-refractivity contribution in [3.05, 3.63) is 35.8 Å². The Morgan fingerprint density at radius 1 is 1.57 bits per heavy atom. The molecular weight excluding hydrogens is 184 g/mol. The van der Waals surface area contributed by atoms with E-state index in [9.17, 15) is 4.79 Å². The van der Waals surface area contributed by atoms with Gasteiger partial charge in [0.2, 0.25) is 0 Å². The van der Waals surface area contributed by atoms with Gasteiger partial charge in [0, 0.05) is 12.4 Å². The number of imidazole rings is 1. The molecule has 2 aromatic heterocycles. The van der Waals surface area contributed by atoms with Gasteiger partial charge >= 0.3 is 5.97 Å². The van der Waals surface area contributed by atoms with E-state index in [0.29, 0.717) is 11.3 Å². The number of carboxylic acid groups (broad SMARTS) is 1. The molecule has 0 spiro atoms. The summed E-state index contributed by atoms with van der Waals surface area (Å²) in [5.41, 5.74) is 0.940. The molecule has 0 atom stereocenters. The number of hydrogen-bond acceptors (Lipinski definition) is 3. The molecule has 0 aliphatic heterocycles. The third-order valence-electron chi connectivity index (χ3n) is 1.93. The minimum Gasteiger partial charge on any atom is -0.478 e. The van der Waals surface area contributed by atoms with Crippen molar-refractivity contribution in [2.45, 2.75) is 6.61 Å². The van der Waals surface area contributed by atoms with Crippen LogP contribution in [-0.4, -0.2) is 25.6 Å². The number of carboxylic acids is 1. The van der Waals surface area contributed by atoms with E-state index < -0.39 is 5.97 Å². The molecule has 0 amide bonds. The number of nitrogens with zero attached hydrogens (tertiary/aromatic N) is 2. The molecule has 0 unspecified atom stereocenters. The molecule has 72 valence electrons. The normalized spacial score (nSPS) is 10.6. The molecule has 0 aromatic carbocycles. The first-order valence-corrected chi connectivity index (χ1v) is 4.03. The molecule has 0 bridgehead atoms. The fourth-order valence-electron chi connectivity index (χ4n) is 1.31. The molecule has 2 rings (SSSR count). The Balaban J connectivity index is 2.73. The molecule has 0 saturated heterocycles. The van der Waals surface area contributed by atoms with Gasteiger partial charge in [-0.1, -0.05) is 0 Å². The van der Waals surface area contributed by atoms with Gasteiger partial charge in [-0.25, -0.2) is 9.78 Å². The van der Waals surface area contributed by atoms with Crippen LogP contribution in [0.2, 0.25) is 0 Å². The number of hydrogen-bond donors (Lipinski definition) is 2. The maximum atomic E-state index is 10.8. The standard InChI is InChI=1S/C9H8N2O3/c12-5-6-4-11-3-1-2-7(9(13)14)8(11)10-6/h1-4,12H,5H2,(H,13,14). The molecular formula is C9H8N2O3. The number of aliphatic hydroxyl groups excluding tert-OH is 1. The van der Waals surface area contributed by atoms with Crippen LogP contribution in [0.25, 0.3) is 5.65 Å². The number of aliphatic hydroxyl groups is 1. The lowest BCUT2D eigenvalue weighted by atomic mass is 10.3. The van der Waals surface area contributed by atoms with Crippen LogP contribution < -0.4 is 0 Å². The summed E-state index contributed by atoms with van der Waals surface area (Å²) < 4.78 is 1.58. The first-order valence-electron chi connectivity index (χ1n) is 4.03. The Hall–Kier alpha value is -1.88. The van der Waals surface area contributed by atoms with E-state index in [0.717, 1.165) is 0 Å². The summed E-state index contributed by atoms with van der Waals surface area (Å²) in [6.45, 7) is -0.194. The summed E-state index contributed by atoms with van der Waals surface area (Å²) in [6.07, 6.45) is 3.29. The Kier molecular flexibility index (Phi) is 1.94. The largest absolute Gasteiger partial charge is 0.478 e. The zero-order valence-electron chi connectivity index (χ0n) is 7.21. The second kappa shape index (κ2) is 3.12. The van der Waals surface area contributed by atoms with Gasteiger partial charge in [0.25, 0.3) is 0 Å². The molecule has 0 radical (unpaired) electrons. The molecule has 5 heteroatoms. The van der Waals surface area contributed by atoms with Crippen molar-refractivity contribution in [2.75, 3.05) is 0 Å². The molecule has 2 N–H and O–H groups in total. The van der Waals surface area contributed by atoms with E-state index in [1.165, 1.54) is 6.07 Å². The van der Waals surface area contributed by atoms with Crippen molar-refractivity contribution >= 4 is 11.6 Å². The summed E-state index contributed by atoms with van der Waals surface area (Å²) in [6, 6.07) is 3.10. The Labute approximate surface area is 79.2 Å². The zero-order chi connectivity index (χ0) is 10.1. The Morgan fingerprint density at radius 2 is 2.36 bits per heavy atom. The average Bonchev–Trinajstić information content (AvgIpc) is 2.59. The van der Waals surface area contributed by atoms with Gasteiger partial charge in [-0.05, 0) is 12.1 Å². The topological polar surface area (TPSA) is 74.8 Å². The lowest BCUT2D eigenvalue weighted by Crippen LogP contribution is -1.99. The van der Waals surface area contributed by atoms with Crippen molar-refractivity contribution in [3.8, 4) is 0 Å². The summed E-state index contributed by atoms with van der Waals surface area (Å²) in [5.74, 6) is -1.02. The van der Waals surface area contributed by atoms with E-state index in [4.69, 9.17) is 10.2 Å². The van der Waals surface area contributed by atoms with Gasteiger partial charge in [-0.3, -0.25) is 0 Å². The first-order chi connectivity index (χ1) is 6.72. The van der Waals surface area contributed by atoms with Crippen LogP contribution >= 0.6 is 0 Å². The highest BCUT2D eigenvalue weighted by Gasteiger charge is 2.10. The molecule has 14 heavy (non-hydrogen) atoms. The smallest absolute Gasteiger partial charge is 0.339 e. The van der Waals surface area contributed by atoms with Gasteiger partial charge in [-0.15, -0.1) is 0 Å². The van der Waals surface area contributed by atoms with E-state index in [1.54, 1.807) is 22.9 Å². The number of aromatic nitrogens is 2. The molecule has 0 aliphatic carbocycles. The highest BCUT2D eigenvalue weighted by molar-refractivity contribution is 5.94. The highest BCUT2D eigenvalue weighted by Crippen LogP contribution is 2.10. The van der Waals surface area contributed by atoms with Crippen LogP contribution in [0.3, 0.4) is 0 Å². The fraction of sp³-hybridized carbons (Fsp3) is 0.111. The van der Waals surface area contributed by atoms with Crippen LogP contribution in [0.5, 0.6) is 0 Å². The van der Waals surface area contributed by atoms with Crippen LogP contribution in [0.15, 0.2) is 24.5 Å². The molecule has 2 heterocycles. The van der Waals surface area contributed by atoms with Crippen LogP contribution in [-0.2, 0) is 6.61 Å². The minimum absolute atomic E-state index is 0.132. The van der Waals surface area contributed by atoms with Crippen molar-refractivity contribution in [1.29, 1.82) is 0 Å². The van der Waals surface area contributed by atoms with E-state index >= 15 is 0 Å². The highest BCUT2D eigenvalue weighted by atomic mass is 16.4. The third-order valence-corrected chi connectivity index (χ3v) is 1.93. The number of carbonyl (C=O) groups is 1. The molecule has 0 saturated carbocycles. The number of aromatic carboxylic acids is 1. The fourth-order valence-corrected chi connectivity index (χ4v) is 1.31. The third kappa shape index (κ3) is 1.23. The van der Waals surface area contributed by atoms with Crippen molar-refractivity contribution in [3.63, 3.8) is 0 Å². The Morgan fingerprint density at radius 3 is 3.00 bits per heavy atom. The van der Waals surface area contributed by atoms with Gasteiger partial charge < -0.3 is 14.6 Å². The molecule has 0 fully saturated rings. The predicted molar refractivity (Wildman–Crippen MR) is 48.1 cm³/mol. The Bertz CT molecular complexity index is 490.